The van der Waals surface area contributed by atoms with E-state index in [1.807, 2.05) is 18.2 Å². The average Bonchev–Trinajstić information content (AvgIpc) is 2.95. The van der Waals surface area contributed by atoms with E-state index in [9.17, 15) is 5.26 Å². The lowest BCUT2D eigenvalue weighted by Crippen LogP contribution is -2.52. The lowest BCUT2D eigenvalue weighted by Gasteiger charge is -2.43. The van der Waals surface area contributed by atoms with E-state index in [1.54, 1.807) is 0 Å². The standard InChI is InChI=1S/C18H25N3/c1-2-21-9-8-15(13-21)12-20-17-10-18(11-17,14-19)16-6-4-3-5-7-16/h3-7,15,17,20H,2,8-13H2,1H3. The van der Waals surface area contributed by atoms with Crippen LogP contribution in [0.3, 0.4) is 0 Å². The Bertz CT molecular complexity index is 499. The van der Waals surface area contributed by atoms with Gasteiger partial charge in [-0.05, 0) is 50.4 Å². The molecule has 1 aromatic rings. The molecule has 2 fully saturated rings. The highest BCUT2D eigenvalue weighted by Crippen LogP contribution is 2.43. The predicted octanol–water partition coefficient (Wildman–Crippen LogP) is 2.54. The lowest BCUT2D eigenvalue weighted by atomic mass is 9.62. The second kappa shape index (κ2) is 6.17. The summed E-state index contributed by atoms with van der Waals surface area (Å²) in [4.78, 5) is 2.52. The third-order valence-corrected chi connectivity index (χ3v) is 5.24. The van der Waals surface area contributed by atoms with Gasteiger partial charge in [-0.2, -0.15) is 5.26 Å². The monoisotopic (exact) mass is 283 g/mol. The summed E-state index contributed by atoms with van der Waals surface area (Å²) in [7, 11) is 0. The van der Waals surface area contributed by atoms with Crippen LogP contribution < -0.4 is 5.32 Å². The molecule has 2 aliphatic rings. The number of hydrogen-bond acceptors (Lipinski definition) is 3. The number of benzene rings is 1. The Labute approximate surface area is 128 Å². The fourth-order valence-electron chi connectivity index (χ4n) is 3.77. The van der Waals surface area contributed by atoms with E-state index in [2.05, 4.69) is 35.3 Å². The first-order valence-corrected chi connectivity index (χ1v) is 8.18. The minimum atomic E-state index is -0.246. The largest absolute Gasteiger partial charge is 0.314 e. The minimum Gasteiger partial charge on any atom is -0.314 e. The van der Waals surface area contributed by atoms with Crippen LogP contribution in [0.15, 0.2) is 30.3 Å². The SMILES string of the molecule is CCN1CCC(CNC2CC(C#N)(c3ccccc3)C2)C1. The third kappa shape index (κ3) is 2.97. The molecule has 112 valence electrons. The molecule has 1 aromatic carbocycles. The molecule has 0 aromatic heterocycles. The van der Waals surface area contributed by atoms with Crippen molar-refractivity contribution in [3.63, 3.8) is 0 Å². The van der Waals surface area contributed by atoms with Gasteiger partial charge in [0, 0.05) is 12.6 Å². The van der Waals surface area contributed by atoms with Gasteiger partial charge < -0.3 is 10.2 Å². The Morgan fingerprint density at radius 3 is 2.71 bits per heavy atom. The van der Waals surface area contributed by atoms with E-state index in [1.165, 1.54) is 31.6 Å². The van der Waals surface area contributed by atoms with Crippen molar-refractivity contribution in [1.82, 2.24) is 10.2 Å². The maximum Gasteiger partial charge on any atom is 0.0852 e. The maximum atomic E-state index is 9.57. The van der Waals surface area contributed by atoms with E-state index >= 15 is 0 Å². The van der Waals surface area contributed by atoms with Crippen LogP contribution in [0.5, 0.6) is 0 Å². The molecule has 3 nitrogen and oxygen atoms in total. The Hall–Kier alpha value is -1.37. The number of likely N-dealkylation sites (tertiary alicyclic amines) is 1. The lowest BCUT2D eigenvalue weighted by molar-refractivity contribution is 0.217. The number of nitrogens with one attached hydrogen (secondary N) is 1. The van der Waals surface area contributed by atoms with Crippen molar-refractivity contribution in [2.45, 2.75) is 37.6 Å². The van der Waals surface area contributed by atoms with E-state index < -0.39 is 0 Å². The van der Waals surface area contributed by atoms with Crippen LogP contribution in [0.1, 0.15) is 31.7 Å². The van der Waals surface area contributed by atoms with Gasteiger partial charge in [0.15, 0.2) is 0 Å². The van der Waals surface area contributed by atoms with Gasteiger partial charge in [-0.3, -0.25) is 0 Å². The molecular weight excluding hydrogens is 258 g/mol. The first kappa shape index (κ1) is 14.6. The maximum absolute atomic E-state index is 9.57. The van der Waals surface area contributed by atoms with Gasteiger partial charge in [0.1, 0.15) is 0 Å². The summed E-state index contributed by atoms with van der Waals surface area (Å²) in [5, 5.41) is 13.3. The summed E-state index contributed by atoms with van der Waals surface area (Å²) in [6.45, 7) is 7.00. The molecule has 1 N–H and O–H groups in total. The van der Waals surface area contributed by atoms with Gasteiger partial charge in [-0.1, -0.05) is 37.3 Å². The number of nitrogens with zero attached hydrogens (tertiary/aromatic N) is 2. The van der Waals surface area contributed by atoms with Crippen molar-refractivity contribution < 1.29 is 0 Å². The molecule has 3 rings (SSSR count). The molecule has 1 unspecified atom stereocenters. The normalized spacial score (nSPS) is 32.6. The van der Waals surface area contributed by atoms with Crippen LogP contribution in [0, 0.1) is 17.2 Å². The van der Waals surface area contributed by atoms with Gasteiger partial charge in [-0.15, -0.1) is 0 Å². The molecule has 1 atom stereocenters. The van der Waals surface area contributed by atoms with Gasteiger partial charge >= 0.3 is 0 Å². The molecule has 21 heavy (non-hydrogen) atoms. The molecule has 1 saturated carbocycles. The number of nitriles is 1. The quantitative estimate of drug-likeness (QED) is 0.902. The topological polar surface area (TPSA) is 39.1 Å². The highest BCUT2D eigenvalue weighted by molar-refractivity contribution is 5.36. The number of rotatable bonds is 5. The summed E-state index contributed by atoms with van der Waals surface area (Å²) in [5.74, 6) is 0.791. The molecule has 1 aliphatic heterocycles. The highest BCUT2D eigenvalue weighted by atomic mass is 15.1. The second-order valence-electron chi connectivity index (χ2n) is 6.62. The van der Waals surface area contributed by atoms with Crippen LogP contribution in [0.4, 0.5) is 0 Å². The smallest absolute Gasteiger partial charge is 0.0852 e. The van der Waals surface area contributed by atoms with Crippen LogP contribution in [-0.2, 0) is 5.41 Å². The summed E-state index contributed by atoms with van der Waals surface area (Å²) in [6.07, 6.45) is 3.23. The van der Waals surface area contributed by atoms with Gasteiger partial charge in [0.2, 0.25) is 0 Å². The van der Waals surface area contributed by atoms with Gasteiger partial charge in [0.25, 0.3) is 0 Å². The van der Waals surface area contributed by atoms with Crippen LogP contribution in [0.2, 0.25) is 0 Å². The average molecular weight is 283 g/mol. The van der Waals surface area contributed by atoms with E-state index in [0.717, 1.165) is 25.3 Å². The first-order chi connectivity index (χ1) is 10.3. The fourth-order valence-corrected chi connectivity index (χ4v) is 3.77. The molecule has 1 saturated heterocycles. The highest BCUT2D eigenvalue weighted by Gasteiger charge is 2.45. The Kier molecular flexibility index (Phi) is 4.28. The zero-order valence-electron chi connectivity index (χ0n) is 12.9. The third-order valence-electron chi connectivity index (χ3n) is 5.24. The van der Waals surface area contributed by atoms with Crippen molar-refractivity contribution in [2.24, 2.45) is 5.92 Å². The molecule has 0 spiro atoms. The Morgan fingerprint density at radius 2 is 2.10 bits per heavy atom. The molecule has 0 amide bonds. The van der Waals surface area contributed by atoms with E-state index in [0.29, 0.717) is 6.04 Å². The van der Waals surface area contributed by atoms with Crippen molar-refractivity contribution in [3.8, 4) is 6.07 Å². The molecule has 3 heteroatoms. The predicted molar refractivity (Wildman–Crippen MR) is 85.0 cm³/mol. The van der Waals surface area contributed by atoms with Crippen LogP contribution in [0.25, 0.3) is 0 Å². The summed E-state index contributed by atoms with van der Waals surface area (Å²) in [5.41, 5.74) is 0.938. The fraction of sp³-hybridized carbons (Fsp3) is 0.611. The summed E-state index contributed by atoms with van der Waals surface area (Å²) < 4.78 is 0. The van der Waals surface area contributed by atoms with Crippen LogP contribution >= 0.6 is 0 Å². The molecule has 0 bridgehead atoms. The van der Waals surface area contributed by atoms with Crippen molar-refractivity contribution in [3.05, 3.63) is 35.9 Å². The van der Waals surface area contributed by atoms with E-state index in [4.69, 9.17) is 0 Å². The minimum absolute atomic E-state index is 0.246. The summed E-state index contributed by atoms with van der Waals surface area (Å²) >= 11 is 0. The number of hydrogen-bond donors (Lipinski definition) is 1. The Morgan fingerprint density at radius 1 is 1.33 bits per heavy atom. The molecule has 0 radical (unpaired) electrons. The van der Waals surface area contributed by atoms with Crippen LogP contribution in [-0.4, -0.2) is 37.1 Å². The second-order valence-corrected chi connectivity index (χ2v) is 6.62. The zero-order valence-corrected chi connectivity index (χ0v) is 12.9. The zero-order chi connectivity index (χ0) is 14.7. The van der Waals surface area contributed by atoms with Crippen molar-refractivity contribution in [1.29, 1.82) is 5.26 Å². The van der Waals surface area contributed by atoms with Crippen molar-refractivity contribution >= 4 is 0 Å². The van der Waals surface area contributed by atoms with Crippen molar-refractivity contribution in [2.75, 3.05) is 26.2 Å². The van der Waals surface area contributed by atoms with E-state index in [-0.39, 0.29) is 5.41 Å². The summed E-state index contributed by atoms with van der Waals surface area (Å²) in [6, 6.07) is 13.3. The van der Waals surface area contributed by atoms with Gasteiger partial charge in [0.05, 0.1) is 11.5 Å². The van der Waals surface area contributed by atoms with Gasteiger partial charge in [-0.25, -0.2) is 0 Å². The Balaban J connectivity index is 1.48. The molecule has 1 aliphatic carbocycles. The molecular formula is C18H25N3. The molecule has 1 heterocycles. The first-order valence-electron chi connectivity index (χ1n) is 8.18.